The lowest BCUT2D eigenvalue weighted by Gasteiger charge is -2.28. The zero-order chi connectivity index (χ0) is 21.8. The fourth-order valence-electron chi connectivity index (χ4n) is 4.14. The molecule has 1 saturated heterocycles. The van der Waals surface area contributed by atoms with Crippen LogP contribution in [-0.4, -0.2) is 45.0 Å². The van der Waals surface area contributed by atoms with Crippen LogP contribution in [0.4, 0.5) is 0 Å². The number of nitrogens with one attached hydrogen (secondary N) is 1. The van der Waals surface area contributed by atoms with Gasteiger partial charge in [-0.2, -0.15) is 0 Å². The minimum atomic E-state index is -0.461. The van der Waals surface area contributed by atoms with Crippen LogP contribution in [0, 0.1) is 5.92 Å². The van der Waals surface area contributed by atoms with Crippen molar-refractivity contribution in [2.75, 3.05) is 13.7 Å². The van der Waals surface area contributed by atoms with Crippen molar-refractivity contribution < 1.29 is 14.3 Å². The standard InChI is InChI=1S/C23H27N5O3/c1-3-4-12-28-21(29)14-18(22(28)16-8-10-17(31-2)11-9-16)23(30)24-15-20-26-25-19-7-5-6-13-27(19)20/h5-11,13,18,22H,3-4,12,14-15H2,1-2H3,(H,24,30)/t18-,22-/m1/s1. The molecule has 0 bridgehead atoms. The molecule has 3 aromatic rings. The van der Waals surface area contributed by atoms with Crippen molar-refractivity contribution in [3.63, 3.8) is 0 Å². The van der Waals surface area contributed by atoms with E-state index in [-0.39, 0.29) is 30.8 Å². The fourth-order valence-corrected chi connectivity index (χ4v) is 4.14. The Hall–Kier alpha value is -3.42. The first-order valence-electron chi connectivity index (χ1n) is 10.6. The normalized spacial score (nSPS) is 18.5. The van der Waals surface area contributed by atoms with E-state index in [4.69, 9.17) is 4.74 Å². The van der Waals surface area contributed by atoms with E-state index in [0.29, 0.717) is 12.4 Å². The fraction of sp³-hybridized carbons (Fsp3) is 0.391. The first kappa shape index (κ1) is 20.8. The lowest BCUT2D eigenvalue weighted by molar-refractivity contribution is -0.129. The first-order chi connectivity index (χ1) is 15.1. The number of likely N-dealkylation sites (tertiary alicyclic amines) is 1. The lowest BCUT2D eigenvalue weighted by atomic mass is 9.92. The number of nitrogens with zero attached hydrogens (tertiary/aromatic N) is 4. The number of carbonyl (C=O) groups is 2. The zero-order valence-corrected chi connectivity index (χ0v) is 17.8. The van der Waals surface area contributed by atoms with Crippen molar-refractivity contribution in [1.82, 2.24) is 24.8 Å². The Morgan fingerprint density at radius 2 is 2.00 bits per heavy atom. The first-order valence-corrected chi connectivity index (χ1v) is 10.6. The highest BCUT2D eigenvalue weighted by Gasteiger charge is 2.44. The topological polar surface area (TPSA) is 88.8 Å². The van der Waals surface area contributed by atoms with Gasteiger partial charge in [0.15, 0.2) is 11.5 Å². The Labute approximate surface area is 181 Å². The van der Waals surface area contributed by atoms with Gasteiger partial charge in [-0.05, 0) is 36.2 Å². The highest BCUT2D eigenvalue weighted by molar-refractivity contribution is 5.90. The third kappa shape index (κ3) is 4.23. The molecule has 31 heavy (non-hydrogen) atoms. The van der Waals surface area contributed by atoms with E-state index >= 15 is 0 Å². The van der Waals surface area contributed by atoms with Crippen LogP contribution in [0.2, 0.25) is 0 Å². The number of carbonyl (C=O) groups excluding carboxylic acids is 2. The van der Waals surface area contributed by atoms with Crippen LogP contribution < -0.4 is 10.1 Å². The molecule has 1 aromatic carbocycles. The lowest BCUT2D eigenvalue weighted by Crippen LogP contribution is -2.36. The number of benzene rings is 1. The van der Waals surface area contributed by atoms with Gasteiger partial charge in [0.25, 0.3) is 0 Å². The Morgan fingerprint density at radius 3 is 2.74 bits per heavy atom. The quantitative estimate of drug-likeness (QED) is 0.604. The van der Waals surface area contributed by atoms with Crippen LogP contribution in [0.15, 0.2) is 48.7 Å². The molecule has 2 aromatic heterocycles. The molecule has 1 aliphatic rings. The number of unbranched alkanes of at least 4 members (excludes halogenated alkanes) is 1. The van der Waals surface area contributed by atoms with Gasteiger partial charge in [-0.15, -0.1) is 10.2 Å². The van der Waals surface area contributed by atoms with Crippen molar-refractivity contribution in [2.24, 2.45) is 5.92 Å². The van der Waals surface area contributed by atoms with Gasteiger partial charge < -0.3 is 15.0 Å². The number of ether oxygens (including phenoxy) is 1. The average Bonchev–Trinajstić information content (AvgIpc) is 3.37. The van der Waals surface area contributed by atoms with E-state index in [0.717, 1.165) is 29.8 Å². The van der Waals surface area contributed by atoms with E-state index in [2.05, 4.69) is 22.4 Å². The number of aromatic nitrogens is 3. The molecule has 2 atom stereocenters. The summed E-state index contributed by atoms with van der Waals surface area (Å²) >= 11 is 0. The average molecular weight is 422 g/mol. The van der Waals surface area contributed by atoms with Crippen molar-refractivity contribution in [1.29, 1.82) is 0 Å². The summed E-state index contributed by atoms with van der Waals surface area (Å²) in [5, 5.41) is 11.3. The molecular formula is C23H27N5O3. The van der Waals surface area contributed by atoms with E-state index < -0.39 is 5.92 Å². The summed E-state index contributed by atoms with van der Waals surface area (Å²) < 4.78 is 7.10. The van der Waals surface area contributed by atoms with E-state index in [1.54, 1.807) is 7.11 Å². The second-order valence-electron chi connectivity index (χ2n) is 7.73. The maximum atomic E-state index is 13.2. The van der Waals surface area contributed by atoms with Gasteiger partial charge in [-0.1, -0.05) is 31.5 Å². The van der Waals surface area contributed by atoms with E-state index in [9.17, 15) is 9.59 Å². The predicted molar refractivity (Wildman–Crippen MR) is 115 cm³/mol. The van der Waals surface area contributed by atoms with Gasteiger partial charge in [0.1, 0.15) is 5.75 Å². The van der Waals surface area contributed by atoms with Crippen LogP contribution in [-0.2, 0) is 16.1 Å². The SMILES string of the molecule is CCCCN1C(=O)C[C@@H](C(=O)NCc2nnc3ccccn23)[C@H]1c1ccc(OC)cc1. The Bertz CT molecular complexity index is 1060. The summed E-state index contributed by atoms with van der Waals surface area (Å²) in [7, 11) is 1.62. The number of hydrogen-bond acceptors (Lipinski definition) is 5. The molecule has 162 valence electrons. The van der Waals surface area contributed by atoms with Crippen LogP contribution in [0.1, 0.15) is 43.6 Å². The predicted octanol–water partition coefficient (Wildman–Crippen LogP) is 2.74. The number of pyridine rings is 1. The van der Waals surface area contributed by atoms with Gasteiger partial charge in [0.2, 0.25) is 11.8 Å². The minimum Gasteiger partial charge on any atom is -0.497 e. The molecule has 3 heterocycles. The maximum Gasteiger partial charge on any atom is 0.226 e. The number of fused-ring (bicyclic) bond motifs is 1. The van der Waals surface area contributed by atoms with Gasteiger partial charge >= 0.3 is 0 Å². The van der Waals surface area contributed by atoms with Crippen LogP contribution >= 0.6 is 0 Å². The summed E-state index contributed by atoms with van der Waals surface area (Å²) in [6.07, 6.45) is 3.95. The third-order valence-electron chi connectivity index (χ3n) is 5.78. The Morgan fingerprint density at radius 1 is 1.19 bits per heavy atom. The molecule has 2 amide bonds. The van der Waals surface area contributed by atoms with Crippen molar-refractivity contribution in [3.8, 4) is 5.75 Å². The third-order valence-corrected chi connectivity index (χ3v) is 5.78. The number of hydrogen-bond donors (Lipinski definition) is 1. The molecule has 4 rings (SSSR count). The van der Waals surface area contributed by atoms with Crippen LogP contribution in [0.25, 0.3) is 5.65 Å². The van der Waals surface area contributed by atoms with Crippen molar-refractivity contribution in [3.05, 3.63) is 60.0 Å². The van der Waals surface area contributed by atoms with Crippen LogP contribution in [0.3, 0.4) is 0 Å². The molecule has 8 nitrogen and oxygen atoms in total. The van der Waals surface area contributed by atoms with Crippen molar-refractivity contribution in [2.45, 2.75) is 38.8 Å². The molecule has 1 aliphatic heterocycles. The summed E-state index contributed by atoms with van der Waals surface area (Å²) in [5.74, 6) is 0.796. The minimum absolute atomic E-state index is 0.0161. The summed E-state index contributed by atoms with van der Waals surface area (Å²) in [6, 6.07) is 13.0. The number of methoxy groups -OCH3 is 1. The highest BCUT2D eigenvalue weighted by atomic mass is 16.5. The molecule has 0 radical (unpaired) electrons. The van der Waals surface area contributed by atoms with Gasteiger partial charge in [0.05, 0.1) is 25.6 Å². The second kappa shape index (κ2) is 9.16. The van der Waals surface area contributed by atoms with E-state index in [1.807, 2.05) is 58.0 Å². The Kier molecular flexibility index (Phi) is 6.16. The molecule has 1 fully saturated rings. The smallest absolute Gasteiger partial charge is 0.226 e. The van der Waals surface area contributed by atoms with Crippen molar-refractivity contribution >= 4 is 17.5 Å². The zero-order valence-electron chi connectivity index (χ0n) is 17.8. The molecule has 8 heteroatoms. The second-order valence-corrected chi connectivity index (χ2v) is 7.73. The van der Waals surface area contributed by atoms with Gasteiger partial charge in [-0.3, -0.25) is 14.0 Å². The molecule has 0 aliphatic carbocycles. The summed E-state index contributed by atoms with van der Waals surface area (Å²) in [4.78, 5) is 27.8. The van der Waals surface area contributed by atoms with Gasteiger partial charge in [0, 0.05) is 19.2 Å². The molecule has 0 spiro atoms. The maximum absolute atomic E-state index is 13.2. The number of amides is 2. The summed E-state index contributed by atoms with van der Waals surface area (Å²) in [6.45, 7) is 2.99. The molecular weight excluding hydrogens is 394 g/mol. The number of rotatable bonds is 8. The largest absolute Gasteiger partial charge is 0.497 e. The van der Waals surface area contributed by atoms with Gasteiger partial charge in [-0.25, -0.2) is 0 Å². The molecule has 0 saturated carbocycles. The highest BCUT2D eigenvalue weighted by Crippen LogP contribution is 2.39. The molecule has 1 N–H and O–H groups in total. The molecule has 0 unspecified atom stereocenters. The monoisotopic (exact) mass is 421 g/mol. The van der Waals surface area contributed by atoms with Crippen LogP contribution in [0.5, 0.6) is 5.75 Å². The Balaban J connectivity index is 1.54. The van der Waals surface area contributed by atoms with E-state index in [1.165, 1.54) is 0 Å². The summed E-state index contributed by atoms with van der Waals surface area (Å²) in [5.41, 5.74) is 1.67.